The lowest BCUT2D eigenvalue weighted by Gasteiger charge is -2.12. The van der Waals surface area contributed by atoms with Crippen molar-refractivity contribution in [3.63, 3.8) is 0 Å². The predicted molar refractivity (Wildman–Crippen MR) is 101 cm³/mol. The Hall–Kier alpha value is -1.79. The number of phenolic OH excluding ortho intramolecular Hbond substituents is 1. The summed E-state index contributed by atoms with van der Waals surface area (Å²) in [4.78, 5) is 2.09. The van der Waals surface area contributed by atoms with Crippen LogP contribution in [0.25, 0.3) is 23.1 Å². The van der Waals surface area contributed by atoms with Crippen molar-refractivity contribution in [1.82, 2.24) is 0 Å². The zero-order valence-corrected chi connectivity index (χ0v) is 17.3. The van der Waals surface area contributed by atoms with Crippen LogP contribution in [0.4, 0.5) is 5.69 Å². The first-order chi connectivity index (χ1) is 11.5. The standard InChI is InChI=1S/C20H19ClN2O.HI/c1-22(2)18-9-10-19-14(13-18)4-7-17(23(19)3)8-5-15-12-16(21)6-11-20(15)24;/h4-13H,1-3H3;1H. The van der Waals surface area contributed by atoms with Crippen LogP contribution in [0.2, 0.25) is 5.02 Å². The lowest BCUT2D eigenvalue weighted by atomic mass is 10.1. The van der Waals surface area contributed by atoms with Crippen LogP contribution in [0.3, 0.4) is 0 Å². The number of aromatic nitrogens is 1. The lowest BCUT2D eigenvalue weighted by Crippen LogP contribution is -3.00. The largest absolute Gasteiger partial charge is 1.00 e. The third-order valence-corrected chi connectivity index (χ3v) is 4.37. The van der Waals surface area contributed by atoms with Crippen molar-refractivity contribution in [2.24, 2.45) is 7.05 Å². The van der Waals surface area contributed by atoms with Crippen molar-refractivity contribution >= 4 is 40.3 Å². The van der Waals surface area contributed by atoms with E-state index in [0.717, 1.165) is 11.2 Å². The molecule has 1 aromatic heterocycles. The molecule has 0 saturated carbocycles. The van der Waals surface area contributed by atoms with Crippen LogP contribution in [0, 0.1) is 0 Å². The summed E-state index contributed by atoms with van der Waals surface area (Å²) in [5, 5.41) is 11.7. The molecule has 3 rings (SSSR count). The van der Waals surface area contributed by atoms with Crippen LogP contribution in [-0.4, -0.2) is 19.2 Å². The highest BCUT2D eigenvalue weighted by Crippen LogP contribution is 2.24. The molecule has 0 aliphatic heterocycles. The van der Waals surface area contributed by atoms with E-state index < -0.39 is 0 Å². The summed E-state index contributed by atoms with van der Waals surface area (Å²) in [6.45, 7) is 0. The maximum atomic E-state index is 9.92. The van der Waals surface area contributed by atoms with E-state index in [1.165, 1.54) is 11.1 Å². The fourth-order valence-electron chi connectivity index (χ4n) is 2.69. The van der Waals surface area contributed by atoms with Crippen LogP contribution in [-0.2, 0) is 7.05 Å². The Kier molecular flexibility index (Phi) is 6.30. The summed E-state index contributed by atoms with van der Waals surface area (Å²) >= 11 is 5.99. The summed E-state index contributed by atoms with van der Waals surface area (Å²) in [6, 6.07) is 15.6. The second-order valence-corrected chi connectivity index (χ2v) is 6.43. The lowest BCUT2D eigenvalue weighted by molar-refractivity contribution is -0.646. The molecule has 1 heterocycles. The SMILES string of the molecule is CN(C)c1ccc2c(ccc(/C=C/c3cc(Cl)ccc3O)[n+]2C)c1.[I-]. The fourth-order valence-corrected chi connectivity index (χ4v) is 2.87. The number of halogens is 2. The highest BCUT2D eigenvalue weighted by atomic mass is 127. The number of phenols is 1. The molecular formula is C20H20ClIN2O. The average molecular weight is 467 g/mol. The molecule has 0 radical (unpaired) electrons. The van der Waals surface area contributed by atoms with E-state index in [2.05, 4.69) is 39.8 Å². The van der Waals surface area contributed by atoms with Gasteiger partial charge in [-0.1, -0.05) is 11.6 Å². The van der Waals surface area contributed by atoms with Crippen LogP contribution in [0.5, 0.6) is 5.75 Å². The number of hydrogen-bond acceptors (Lipinski definition) is 2. The third-order valence-electron chi connectivity index (χ3n) is 4.13. The van der Waals surface area contributed by atoms with Crippen molar-refractivity contribution < 1.29 is 33.7 Å². The van der Waals surface area contributed by atoms with Gasteiger partial charge < -0.3 is 34.0 Å². The van der Waals surface area contributed by atoms with Gasteiger partial charge in [0.1, 0.15) is 12.8 Å². The van der Waals surface area contributed by atoms with Gasteiger partial charge in [-0.25, -0.2) is 0 Å². The van der Waals surface area contributed by atoms with Gasteiger partial charge in [-0.2, -0.15) is 4.57 Å². The first-order valence-corrected chi connectivity index (χ1v) is 8.10. The topological polar surface area (TPSA) is 27.3 Å². The summed E-state index contributed by atoms with van der Waals surface area (Å²) in [5.41, 5.74) is 4.07. The van der Waals surface area contributed by atoms with Crippen molar-refractivity contribution in [2.75, 3.05) is 19.0 Å². The molecule has 0 unspecified atom stereocenters. The van der Waals surface area contributed by atoms with Crippen LogP contribution < -0.4 is 33.4 Å². The van der Waals surface area contributed by atoms with Crippen molar-refractivity contribution in [3.8, 4) is 5.75 Å². The molecular weight excluding hydrogens is 447 g/mol. The van der Waals surface area contributed by atoms with Gasteiger partial charge in [-0.15, -0.1) is 0 Å². The Labute approximate surface area is 170 Å². The molecule has 0 aliphatic carbocycles. The summed E-state index contributed by atoms with van der Waals surface area (Å²) in [6.07, 6.45) is 3.85. The maximum Gasteiger partial charge on any atom is 0.212 e. The number of fused-ring (bicyclic) bond motifs is 1. The number of aryl methyl sites for hydroxylation is 1. The van der Waals surface area contributed by atoms with Gasteiger partial charge in [0.15, 0.2) is 0 Å². The van der Waals surface area contributed by atoms with E-state index in [-0.39, 0.29) is 29.7 Å². The van der Waals surface area contributed by atoms with Gasteiger partial charge in [0.25, 0.3) is 0 Å². The highest BCUT2D eigenvalue weighted by molar-refractivity contribution is 6.30. The third kappa shape index (κ3) is 4.25. The van der Waals surface area contributed by atoms with Gasteiger partial charge in [-0.05, 0) is 42.5 Å². The number of aromatic hydroxyl groups is 1. The van der Waals surface area contributed by atoms with Gasteiger partial charge in [-0.3, -0.25) is 0 Å². The van der Waals surface area contributed by atoms with Crippen molar-refractivity contribution in [3.05, 3.63) is 64.8 Å². The molecule has 25 heavy (non-hydrogen) atoms. The minimum atomic E-state index is 0. The smallest absolute Gasteiger partial charge is 0.212 e. The number of rotatable bonds is 3. The van der Waals surface area contributed by atoms with Gasteiger partial charge in [0.05, 0.1) is 0 Å². The molecule has 2 aromatic carbocycles. The van der Waals surface area contributed by atoms with Gasteiger partial charge >= 0.3 is 0 Å². The Morgan fingerprint density at radius 1 is 1.00 bits per heavy atom. The zero-order valence-electron chi connectivity index (χ0n) is 14.4. The summed E-state index contributed by atoms with van der Waals surface area (Å²) in [7, 11) is 6.11. The molecule has 1 N–H and O–H groups in total. The molecule has 3 aromatic rings. The first kappa shape index (κ1) is 19.5. The van der Waals surface area contributed by atoms with Crippen molar-refractivity contribution in [2.45, 2.75) is 0 Å². The second-order valence-electron chi connectivity index (χ2n) is 5.99. The van der Waals surface area contributed by atoms with E-state index in [4.69, 9.17) is 11.6 Å². The molecule has 0 bridgehead atoms. The summed E-state index contributed by atoms with van der Waals surface area (Å²) in [5.74, 6) is 0.217. The molecule has 0 fully saturated rings. The quantitative estimate of drug-likeness (QED) is 0.465. The normalized spacial score (nSPS) is 10.9. The molecule has 5 heteroatoms. The highest BCUT2D eigenvalue weighted by Gasteiger charge is 2.10. The Morgan fingerprint density at radius 3 is 2.48 bits per heavy atom. The van der Waals surface area contributed by atoms with Crippen LogP contribution in [0.1, 0.15) is 11.3 Å². The first-order valence-electron chi connectivity index (χ1n) is 7.72. The minimum Gasteiger partial charge on any atom is -1.00 e. The van der Waals surface area contributed by atoms with E-state index in [9.17, 15) is 5.11 Å². The predicted octanol–water partition coefficient (Wildman–Crippen LogP) is 1.26. The van der Waals surface area contributed by atoms with Gasteiger partial charge in [0, 0.05) is 54.0 Å². The molecule has 0 spiro atoms. The number of nitrogens with zero attached hydrogens (tertiary/aromatic N) is 2. The maximum absolute atomic E-state index is 9.92. The number of anilines is 1. The Balaban J connectivity index is 0.00000225. The van der Waals surface area contributed by atoms with Gasteiger partial charge in [0.2, 0.25) is 11.2 Å². The molecule has 0 amide bonds. The van der Waals surface area contributed by atoms with Crippen LogP contribution >= 0.6 is 11.6 Å². The zero-order chi connectivity index (χ0) is 17.3. The van der Waals surface area contributed by atoms with E-state index in [1.807, 2.05) is 33.3 Å². The fraction of sp³-hybridized carbons (Fsp3) is 0.150. The Morgan fingerprint density at radius 2 is 1.76 bits per heavy atom. The summed E-state index contributed by atoms with van der Waals surface area (Å²) < 4.78 is 2.13. The minimum absolute atomic E-state index is 0. The van der Waals surface area contributed by atoms with E-state index >= 15 is 0 Å². The van der Waals surface area contributed by atoms with Crippen LogP contribution in [0.15, 0.2) is 48.5 Å². The number of benzene rings is 2. The molecule has 0 atom stereocenters. The Bertz CT molecular complexity index is 938. The monoisotopic (exact) mass is 466 g/mol. The average Bonchev–Trinajstić information content (AvgIpc) is 2.56. The second kappa shape index (κ2) is 8.06. The van der Waals surface area contributed by atoms with E-state index in [0.29, 0.717) is 10.6 Å². The molecule has 0 aliphatic rings. The molecule has 0 saturated heterocycles. The number of hydrogen-bond donors (Lipinski definition) is 1. The molecule has 130 valence electrons. The van der Waals surface area contributed by atoms with E-state index in [1.54, 1.807) is 18.2 Å². The number of pyridine rings is 1. The van der Waals surface area contributed by atoms with Crippen molar-refractivity contribution in [1.29, 1.82) is 0 Å². The molecule has 3 nitrogen and oxygen atoms in total.